The molecule has 3 atom stereocenters. The van der Waals surface area contributed by atoms with Gasteiger partial charge in [0.15, 0.2) is 0 Å². The highest BCUT2D eigenvalue weighted by molar-refractivity contribution is 4.91. The van der Waals surface area contributed by atoms with Gasteiger partial charge in [-0.05, 0) is 32.6 Å². The quantitative estimate of drug-likeness (QED) is 0.667. The van der Waals surface area contributed by atoms with Crippen LogP contribution >= 0.6 is 0 Å². The monoisotopic (exact) mass is 353 g/mol. The van der Waals surface area contributed by atoms with E-state index in [0.717, 1.165) is 9.13 Å². The van der Waals surface area contributed by atoms with Crippen molar-refractivity contribution in [3.63, 3.8) is 0 Å². The Morgan fingerprint density at radius 1 is 1.00 bits per heavy atom. The lowest BCUT2D eigenvalue weighted by molar-refractivity contribution is 0.192. The third-order valence-corrected chi connectivity index (χ3v) is 5.06. The topological polar surface area (TPSA) is 91.1 Å². The van der Waals surface area contributed by atoms with Gasteiger partial charge in [0.1, 0.15) is 0 Å². The van der Waals surface area contributed by atoms with Gasteiger partial charge >= 0.3 is 17.1 Å². The van der Waals surface area contributed by atoms with E-state index < -0.39 is 17.1 Å². The van der Waals surface area contributed by atoms with Gasteiger partial charge in [-0.25, -0.2) is 28.1 Å². The van der Waals surface area contributed by atoms with Gasteiger partial charge in [0.2, 0.25) is 0 Å². The van der Waals surface area contributed by atoms with E-state index in [4.69, 9.17) is 9.47 Å². The first-order valence-electron chi connectivity index (χ1n) is 8.84. The average molecular weight is 353 g/mol. The van der Waals surface area contributed by atoms with E-state index in [-0.39, 0.29) is 36.3 Å². The van der Waals surface area contributed by atoms with Crippen molar-refractivity contribution in [3.8, 4) is 0 Å². The molecule has 0 amide bonds. The summed E-state index contributed by atoms with van der Waals surface area (Å²) in [7, 11) is 0. The molecule has 8 heteroatoms. The van der Waals surface area contributed by atoms with E-state index in [1.807, 2.05) is 6.92 Å². The molecule has 0 radical (unpaired) electrons. The van der Waals surface area contributed by atoms with Crippen LogP contribution in [-0.2, 0) is 16.0 Å². The van der Waals surface area contributed by atoms with Crippen molar-refractivity contribution in [2.75, 3.05) is 13.2 Å². The van der Waals surface area contributed by atoms with Crippen molar-refractivity contribution in [1.82, 2.24) is 13.7 Å². The van der Waals surface area contributed by atoms with Gasteiger partial charge in [0, 0.05) is 12.1 Å². The molecule has 0 aliphatic carbocycles. The fourth-order valence-corrected chi connectivity index (χ4v) is 3.46. The fraction of sp³-hybridized carbons (Fsp3) is 0.824. The highest BCUT2D eigenvalue weighted by Gasteiger charge is 2.41. The molecule has 3 heterocycles. The summed E-state index contributed by atoms with van der Waals surface area (Å²) in [6, 6.07) is -0.665. The second-order valence-corrected chi connectivity index (χ2v) is 8.11. The minimum absolute atomic E-state index is 0.122. The predicted molar refractivity (Wildman–Crippen MR) is 92.2 cm³/mol. The molecule has 2 saturated heterocycles. The van der Waals surface area contributed by atoms with Gasteiger partial charge in [-0.15, -0.1) is 0 Å². The highest BCUT2D eigenvalue weighted by atomic mass is 16.6. The van der Waals surface area contributed by atoms with Gasteiger partial charge in [-0.3, -0.25) is 0 Å². The molecule has 0 aromatic carbocycles. The van der Waals surface area contributed by atoms with Crippen molar-refractivity contribution in [2.24, 2.45) is 5.41 Å². The Balaban J connectivity index is 2.07. The number of hydrogen-bond donors (Lipinski definition) is 0. The number of hydrogen-bond acceptors (Lipinski definition) is 5. The van der Waals surface area contributed by atoms with Crippen LogP contribution in [0.1, 0.15) is 53.1 Å². The van der Waals surface area contributed by atoms with Crippen LogP contribution in [0.15, 0.2) is 14.4 Å². The minimum Gasteiger partial charge on any atom is -0.373 e. The van der Waals surface area contributed by atoms with Crippen LogP contribution < -0.4 is 17.1 Å². The first-order chi connectivity index (χ1) is 11.6. The summed E-state index contributed by atoms with van der Waals surface area (Å²) in [5, 5.41) is 0. The Kier molecular flexibility index (Phi) is 4.53. The molecule has 0 N–H and O–H groups in total. The smallest absolute Gasteiger partial charge is 0.336 e. The van der Waals surface area contributed by atoms with Crippen LogP contribution in [0, 0.1) is 5.41 Å². The molecule has 0 saturated carbocycles. The normalized spacial score (nSPS) is 23.8. The Morgan fingerprint density at radius 3 is 2.04 bits per heavy atom. The van der Waals surface area contributed by atoms with Crippen molar-refractivity contribution in [2.45, 2.75) is 71.9 Å². The van der Waals surface area contributed by atoms with Gasteiger partial charge in [-0.2, -0.15) is 0 Å². The Labute approximate surface area is 146 Å². The largest absolute Gasteiger partial charge is 0.373 e. The molecule has 2 fully saturated rings. The lowest BCUT2D eigenvalue weighted by Crippen LogP contribution is -2.56. The van der Waals surface area contributed by atoms with Gasteiger partial charge in [-0.1, -0.05) is 13.8 Å². The highest BCUT2D eigenvalue weighted by Crippen LogP contribution is 2.38. The van der Waals surface area contributed by atoms with E-state index in [9.17, 15) is 14.4 Å². The van der Waals surface area contributed by atoms with Crippen molar-refractivity contribution in [3.05, 3.63) is 31.5 Å². The van der Waals surface area contributed by atoms with Gasteiger partial charge in [0.25, 0.3) is 0 Å². The molecule has 140 valence electrons. The summed E-state index contributed by atoms with van der Waals surface area (Å²) in [4.78, 5) is 38.4. The molecule has 1 aromatic heterocycles. The van der Waals surface area contributed by atoms with E-state index in [2.05, 4.69) is 13.8 Å². The number of epoxide rings is 2. The van der Waals surface area contributed by atoms with Crippen LogP contribution in [0.4, 0.5) is 0 Å². The summed E-state index contributed by atoms with van der Waals surface area (Å²) in [6.07, 6.45) is 0.649. The minimum atomic E-state index is -0.561. The molecule has 8 nitrogen and oxygen atoms in total. The lowest BCUT2D eigenvalue weighted by atomic mass is 9.83. The van der Waals surface area contributed by atoms with Crippen LogP contribution in [0.25, 0.3) is 0 Å². The average Bonchev–Trinajstić information content (AvgIpc) is 3.36. The predicted octanol–water partition coefficient (Wildman–Crippen LogP) is 0.528. The summed E-state index contributed by atoms with van der Waals surface area (Å²) in [5.74, 6) is 0. The second kappa shape index (κ2) is 6.25. The maximum Gasteiger partial charge on any atom is 0.336 e. The van der Waals surface area contributed by atoms with E-state index in [1.54, 1.807) is 13.8 Å². The zero-order valence-electron chi connectivity index (χ0n) is 15.5. The van der Waals surface area contributed by atoms with E-state index in [0.29, 0.717) is 19.6 Å². The van der Waals surface area contributed by atoms with Crippen LogP contribution in [-0.4, -0.2) is 39.1 Å². The maximum atomic E-state index is 12.9. The van der Waals surface area contributed by atoms with Crippen molar-refractivity contribution in [1.29, 1.82) is 0 Å². The van der Waals surface area contributed by atoms with Crippen LogP contribution in [0.2, 0.25) is 0 Å². The van der Waals surface area contributed by atoms with Crippen LogP contribution in [0.3, 0.4) is 0 Å². The van der Waals surface area contributed by atoms with E-state index in [1.165, 1.54) is 4.57 Å². The molecule has 0 spiro atoms. The summed E-state index contributed by atoms with van der Waals surface area (Å²) in [5.41, 5.74) is -1.80. The zero-order valence-corrected chi connectivity index (χ0v) is 15.5. The number of nitrogens with zero attached hydrogens (tertiary/aromatic N) is 3. The van der Waals surface area contributed by atoms with E-state index >= 15 is 0 Å². The summed E-state index contributed by atoms with van der Waals surface area (Å²) < 4.78 is 14.1. The lowest BCUT2D eigenvalue weighted by Gasteiger charge is -2.27. The Bertz CT molecular complexity index is 824. The molecule has 2 aliphatic heterocycles. The van der Waals surface area contributed by atoms with Gasteiger partial charge < -0.3 is 9.47 Å². The fourth-order valence-electron chi connectivity index (χ4n) is 3.46. The van der Waals surface area contributed by atoms with Gasteiger partial charge in [0.05, 0.1) is 32.0 Å². The first-order valence-corrected chi connectivity index (χ1v) is 8.84. The zero-order chi connectivity index (χ0) is 18.5. The molecule has 3 rings (SSSR count). The molecule has 3 unspecified atom stereocenters. The van der Waals surface area contributed by atoms with Crippen molar-refractivity contribution >= 4 is 0 Å². The Hall–Kier alpha value is -1.67. The molecular formula is C17H27N3O5. The number of aromatic nitrogens is 3. The number of ether oxygens (including phenoxy) is 2. The van der Waals surface area contributed by atoms with Crippen LogP contribution in [0.5, 0.6) is 0 Å². The number of rotatable bonds is 7. The Morgan fingerprint density at radius 2 is 1.56 bits per heavy atom. The second-order valence-electron chi connectivity index (χ2n) is 8.11. The summed E-state index contributed by atoms with van der Waals surface area (Å²) >= 11 is 0. The third kappa shape index (κ3) is 3.50. The first kappa shape index (κ1) is 18.1. The molecule has 2 aliphatic rings. The summed E-state index contributed by atoms with van der Waals surface area (Å²) in [6.45, 7) is 11.0. The maximum absolute atomic E-state index is 12.9. The SMILES string of the molecule is CC(C)n1c(=O)n(CC2CO2)c(=O)n(C(C)CC(C)(C)C2CO2)c1=O. The molecule has 0 bridgehead atoms. The molecule has 25 heavy (non-hydrogen) atoms. The molecule has 1 aromatic rings. The molecular weight excluding hydrogens is 326 g/mol. The van der Waals surface area contributed by atoms with Crippen molar-refractivity contribution < 1.29 is 9.47 Å². The third-order valence-electron chi connectivity index (χ3n) is 5.06. The standard InChI is InChI=1S/C17H27N3O5/c1-10(2)19-14(21)18(7-12-8-24-12)15(22)20(16(19)23)11(3)6-17(4,5)13-9-25-13/h10-13H,6-9H2,1-5H3.